The smallest absolute Gasteiger partial charge is 0.255 e. The molecule has 1 amide bonds. The summed E-state index contributed by atoms with van der Waals surface area (Å²) in [5.74, 6) is -0.319. The molecule has 4 rings (SSSR count). The van der Waals surface area contributed by atoms with Crippen LogP contribution >= 0.6 is 11.6 Å². The number of nitrogens with zero attached hydrogens (tertiary/aromatic N) is 1. The highest BCUT2D eigenvalue weighted by Crippen LogP contribution is 2.47. The molecule has 0 spiro atoms. The lowest BCUT2D eigenvalue weighted by Crippen LogP contribution is -2.39. The van der Waals surface area contributed by atoms with Crippen molar-refractivity contribution in [2.75, 3.05) is 5.32 Å². The summed E-state index contributed by atoms with van der Waals surface area (Å²) in [4.78, 5) is 30.8. The number of hydrogen-bond acceptors (Lipinski definition) is 4. The van der Waals surface area contributed by atoms with Crippen molar-refractivity contribution in [3.63, 3.8) is 0 Å². The zero-order chi connectivity index (χ0) is 21.5. The van der Waals surface area contributed by atoms with Crippen LogP contribution < -0.4 is 10.6 Å². The topological polar surface area (TPSA) is 71.1 Å². The first-order valence-corrected chi connectivity index (χ1v) is 10.4. The maximum atomic E-state index is 13.4. The van der Waals surface area contributed by atoms with Crippen LogP contribution in [0.5, 0.6) is 0 Å². The van der Waals surface area contributed by atoms with Crippen molar-refractivity contribution in [2.45, 2.75) is 39.5 Å². The Morgan fingerprint density at radius 2 is 1.90 bits per heavy atom. The van der Waals surface area contributed by atoms with Crippen LogP contribution in [-0.2, 0) is 9.59 Å². The van der Waals surface area contributed by atoms with Crippen LogP contribution in [-0.4, -0.2) is 16.7 Å². The predicted molar refractivity (Wildman–Crippen MR) is 118 cm³/mol. The number of pyridine rings is 1. The molecule has 0 saturated carbocycles. The van der Waals surface area contributed by atoms with Gasteiger partial charge in [0.05, 0.1) is 0 Å². The van der Waals surface area contributed by atoms with Gasteiger partial charge in [-0.1, -0.05) is 49.7 Å². The molecule has 6 heteroatoms. The van der Waals surface area contributed by atoms with Gasteiger partial charge in [-0.3, -0.25) is 9.59 Å². The summed E-state index contributed by atoms with van der Waals surface area (Å²) in [5.41, 5.74) is 3.35. The number of amides is 1. The second-order valence-corrected chi connectivity index (χ2v) is 9.03. The molecule has 1 aliphatic carbocycles. The third kappa shape index (κ3) is 3.77. The van der Waals surface area contributed by atoms with Crippen molar-refractivity contribution < 1.29 is 9.59 Å². The molecule has 0 radical (unpaired) electrons. The zero-order valence-electron chi connectivity index (χ0n) is 17.3. The molecule has 0 fully saturated rings. The lowest BCUT2D eigenvalue weighted by Gasteiger charge is -2.39. The highest BCUT2D eigenvalue weighted by Gasteiger charge is 2.43. The number of aromatic nitrogens is 1. The molecule has 0 unspecified atom stereocenters. The molecule has 1 aromatic carbocycles. The Morgan fingerprint density at radius 3 is 2.60 bits per heavy atom. The Labute approximate surface area is 181 Å². The molecule has 2 aromatic rings. The quantitative estimate of drug-likeness (QED) is 0.733. The molecular weight excluding hydrogens is 398 g/mol. The number of hydrogen-bond donors (Lipinski definition) is 2. The summed E-state index contributed by atoms with van der Waals surface area (Å²) in [7, 11) is 0. The molecule has 2 heterocycles. The summed E-state index contributed by atoms with van der Waals surface area (Å²) >= 11 is 6.55. The fourth-order valence-corrected chi connectivity index (χ4v) is 4.62. The van der Waals surface area contributed by atoms with E-state index in [0.717, 1.165) is 23.4 Å². The van der Waals surface area contributed by atoms with Gasteiger partial charge in [0.2, 0.25) is 0 Å². The van der Waals surface area contributed by atoms with Crippen molar-refractivity contribution in [1.29, 1.82) is 0 Å². The zero-order valence-corrected chi connectivity index (χ0v) is 18.0. The standard InChI is InChI=1S/C24H24ClN3O2/c1-14-20(23(30)28-19-10-6-7-11-26-19)21(15-8-4-5-9-16(15)25)22-17(27-14)12-24(2,3)13-18(22)29/h4-11,21,27H,12-13H2,1-3H3,(H,26,28,30)/t21-/m1/s1. The molecule has 1 aliphatic heterocycles. The number of ketones is 1. The highest BCUT2D eigenvalue weighted by molar-refractivity contribution is 6.31. The maximum Gasteiger partial charge on any atom is 0.255 e. The third-order valence-electron chi connectivity index (χ3n) is 5.61. The minimum Gasteiger partial charge on any atom is -0.362 e. The van der Waals surface area contributed by atoms with E-state index in [4.69, 9.17) is 11.6 Å². The number of halogens is 1. The molecular formula is C24H24ClN3O2. The lowest BCUT2D eigenvalue weighted by atomic mass is 9.68. The first-order chi connectivity index (χ1) is 14.3. The van der Waals surface area contributed by atoms with Crippen LogP contribution in [0.1, 0.15) is 45.1 Å². The first-order valence-electron chi connectivity index (χ1n) is 9.98. The Hall–Kier alpha value is -2.92. The number of anilines is 1. The van der Waals surface area contributed by atoms with Crippen molar-refractivity contribution in [3.05, 3.63) is 81.8 Å². The number of dihydropyridines is 1. The van der Waals surface area contributed by atoms with Crippen LogP contribution in [0, 0.1) is 5.41 Å². The van der Waals surface area contributed by atoms with Gasteiger partial charge < -0.3 is 10.6 Å². The van der Waals surface area contributed by atoms with Gasteiger partial charge in [-0.25, -0.2) is 4.98 Å². The van der Waals surface area contributed by atoms with Crippen LogP contribution in [0.15, 0.2) is 71.2 Å². The van der Waals surface area contributed by atoms with Gasteiger partial charge in [-0.15, -0.1) is 0 Å². The van der Waals surface area contributed by atoms with Gasteiger partial charge in [-0.2, -0.15) is 0 Å². The minimum absolute atomic E-state index is 0.0503. The van der Waals surface area contributed by atoms with E-state index in [9.17, 15) is 9.59 Å². The van der Waals surface area contributed by atoms with E-state index >= 15 is 0 Å². The van der Waals surface area contributed by atoms with E-state index in [1.54, 1.807) is 24.4 Å². The lowest BCUT2D eigenvalue weighted by molar-refractivity contribution is -0.118. The van der Waals surface area contributed by atoms with Gasteiger partial charge in [0, 0.05) is 46.1 Å². The van der Waals surface area contributed by atoms with Crippen LogP contribution in [0.3, 0.4) is 0 Å². The monoisotopic (exact) mass is 421 g/mol. The summed E-state index contributed by atoms with van der Waals surface area (Å²) in [6.07, 6.45) is 2.79. The first kappa shape index (κ1) is 20.4. The average Bonchev–Trinajstić information content (AvgIpc) is 2.67. The second-order valence-electron chi connectivity index (χ2n) is 8.62. The summed E-state index contributed by atoms with van der Waals surface area (Å²) in [6.45, 7) is 6.04. The normalized spacial score (nSPS) is 20.5. The van der Waals surface area contributed by atoms with Crippen LogP contribution in [0.2, 0.25) is 5.02 Å². The van der Waals surface area contributed by atoms with Gasteiger partial charge in [0.15, 0.2) is 5.78 Å². The molecule has 30 heavy (non-hydrogen) atoms. The third-order valence-corrected chi connectivity index (χ3v) is 5.95. The van der Waals surface area contributed by atoms with Crippen molar-refractivity contribution >= 4 is 29.1 Å². The Morgan fingerprint density at radius 1 is 1.17 bits per heavy atom. The number of rotatable bonds is 3. The molecule has 1 aromatic heterocycles. The number of Topliss-reactive ketones (excluding diaryl/α,β-unsaturated/α-hetero) is 1. The van der Waals surface area contributed by atoms with Crippen molar-refractivity contribution in [1.82, 2.24) is 10.3 Å². The number of carbonyl (C=O) groups excluding carboxylic acids is 2. The molecule has 154 valence electrons. The van der Waals surface area contributed by atoms with E-state index in [1.165, 1.54) is 0 Å². The Kier molecular flexibility index (Phi) is 5.24. The SMILES string of the molecule is CC1=C(C(=O)Nc2ccccn2)[C@@H](c2ccccc2Cl)C2=C(CC(C)(C)CC2=O)N1. The van der Waals surface area contributed by atoms with Gasteiger partial charge in [0.1, 0.15) is 5.82 Å². The predicted octanol–water partition coefficient (Wildman–Crippen LogP) is 4.98. The fraction of sp³-hybridized carbons (Fsp3) is 0.292. The van der Waals surface area contributed by atoms with Gasteiger partial charge in [0.25, 0.3) is 5.91 Å². The summed E-state index contributed by atoms with van der Waals surface area (Å²) in [6, 6.07) is 12.7. The maximum absolute atomic E-state index is 13.4. The van der Waals surface area contributed by atoms with E-state index in [1.807, 2.05) is 31.2 Å². The molecule has 0 saturated heterocycles. The molecule has 5 nitrogen and oxygen atoms in total. The Balaban J connectivity index is 1.84. The summed E-state index contributed by atoms with van der Waals surface area (Å²) in [5, 5.41) is 6.75. The van der Waals surface area contributed by atoms with Gasteiger partial charge in [-0.05, 0) is 42.5 Å². The van der Waals surface area contributed by atoms with E-state index in [-0.39, 0.29) is 17.1 Å². The second kappa shape index (κ2) is 7.73. The molecule has 2 aliphatic rings. The minimum atomic E-state index is -0.526. The van der Waals surface area contributed by atoms with E-state index in [2.05, 4.69) is 29.5 Å². The summed E-state index contributed by atoms with van der Waals surface area (Å²) < 4.78 is 0. The van der Waals surface area contributed by atoms with E-state index in [0.29, 0.717) is 28.4 Å². The Bertz CT molecular complexity index is 1090. The van der Waals surface area contributed by atoms with Gasteiger partial charge >= 0.3 is 0 Å². The fourth-order valence-electron chi connectivity index (χ4n) is 4.38. The van der Waals surface area contributed by atoms with Crippen LogP contribution in [0.25, 0.3) is 0 Å². The molecule has 0 bridgehead atoms. The number of nitrogens with one attached hydrogen (secondary N) is 2. The molecule has 2 N–H and O–H groups in total. The van der Waals surface area contributed by atoms with Crippen molar-refractivity contribution in [2.24, 2.45) is 5.41 Å². The molecule has 1 atom stereocenters. The largest absolute Gasteiger partial charge is 0.362 e. The van der Waals surface area contributed by atoms with Crippen LogP contribution in [0.4, 0.5) is 5.82 Å². The number of benzene rings is 1. The number of allylic oxidation sites excluding steroid dienone is 3. The average molecular weight is 422 g/mol. The highest BCUT2D eigenvalue weighted by atomic mass is 35.5. The van der Waals surface area contributed by atoms with Crippen molar-refractivity contribution in [3.8, 4) is 0 Å². The number of carbonyl (C=O) groups is 2. The van der Waals surface area contributed by atoms with E-state index < -0.39 is 5.92 Å².